The third kappa shape index (κ3) is 69.1. The Hall–Kier alpha value is -6.02. The van der Waals surface area contributed by atoms with Gasteiger partial charge in [0.25, 0.3) is 0 Å². The molecule has 124 heavy (non-hydrogen) atoms. The maximum Gasteiger partial charge on any atom is 0.0827 e. The van der Waals surface area contributed by atoms with Gasteiger partial charge in [-0.15, -0.1) is 35.7 Å². The third-order valence-corrected chi connectivity index (χ3v) is 22.2. The average Bonchev–Trinajstić information content (AvgIpc) is 1.77. The van der Waals surface area contributed by atoms with Gasteiger partial charge in [-0.25, -0.2) is 14.0 Å². The van der Waals surface area contributed by atoms with E-state index in [1.165, 1.54) is 229 Å². The Balaban J connectivity index is 0.000000724. The third-order valence-electron chi connectivity index (χ3n) is 22.2. The molecule has 0 fully saturated rings. The van der Waals surface area contributed by atoms with Crippen molar-refractivity contribution < 1.29 is 0 Å². The highest BCUT2D eigenvalue weighted by molar-refractivity contribution is 4.98. The first-order valence-corrected chi connectivity index (χ1v) is 51.3. The smallest absolute Gasteiger partial charge is 0.0827 e. The quantitative estimate of drug-likeness (QED) is 0.0324. The van der Waals surface area contributed by atoms with Gasteiger partial charge in [-0.2, -0.15) is 0 Å². The molecule has 0 amide bonds. The van der Waals surface area contributed by atoms with E-state index in [1.54, 1.807) is 0 Å². The first-order chi connectivity index (χ1) is 59.1. The molecular formula is C103H199N21. The van der Waals surface area contributed by atoms with Crippen LogP contribution in [0.5, 0.6) is 0 Å². The second-order valence-electron chi connectivity index (χ2n) is 42.3. The van der Waals surface area contributed by atoms with Crippen LogP contribution in [0, 0.1) is 82.9 Å². The summed E-state index contributed by atoms with van der Waals surface area (Å²) in [5, 5.41) is 58.3. The van der Waals surface area contributed by atoms with Gasteiger partial charge in [0.15, 0.2) is 0 Å². The number of aryl methyl sites for hydroxylation is 13. The summed E-state index contributed by atoms with van der Waals surface area (Å²) >= 11 is 0. The van der Waals surface area contributed by atoms with E-state index in [1.807, 2.05) is 37.3 Å². The minimum Gasteiger partial charge on any atom is -0.252 e. The molecule has 0 aliphatic carbocycles. The zero-order chi connectivity index (χ0) is 92.2. The Morgan fingerprint density at radius 1 is 0.185 bits per heavy atom. The molecule has 21 nitrogen and oxygen atoms in total. The highest BCUT2D eigenvalue weighted by Gasteiger charge is 2.12. The lowest BCUT2D eigenvalue weighted by Crippen LogP contribution is -2.06. The van der Waals surface area contributed by atoms with Crippen LogP contribution in [0.1, 0.15) is 446 Å². The molecule has 0 aromatic carbocycles. The zero-order valence-electron chi connectivity index (χ0n) is 86.2. The van der Waals surface area contributed by atoms with E-state index >= 15 is 0 Å². The first-order valence-electron chi connectivity index (χ1n) is 51.3. The van der Waals surface area contributed by atoms with Crippen molar-refractivity contribution in [3.05, 3.63) is 83.2 Å². The molecule has 21 heteroatoms. The molecule has 0 aliphatic rings. The standard InChI is InChI=1S/3C16H31N3.3C14H27N3.C13H25N3/c2*1-14(2)9-5-6-11-16-13-17-18-19(16)12-8-7-10-15(3)4;1-14(2)9-6-5-7-11-16-13-17-18-19(16)12-8-10-15(3)4;1-12(2)7-5-9-14-11-17(16-15-14)10-6-8-13(3)4;1-12(2)7-5-6-10-17-11-14(15-16-17)9-8-13(3)4;1-12(2)7-5-6-8-14-11-17(16-15-14)10-9-13(3)4;1-11(2)7-5-6-8-13-10-16(15-14-13)9-12(3)4/h3*13-15H,5-12H2,1-4H3;3*11-13H,5-10H2,1-4H3;10-12H,5-9H2,1-4H3. The van der Waals surface area contributed by atoms with Crippen LogP contribution in [0.4, 0.5) is 0 Å². The molecule has 0 bridgehead atoms. The fourth-order valence-corrected chi connectivity index (χ4v) is 14.3. The number of nitrogens with zero attached hydrogens (tertiary/aromatic N) is 21. The molecule has 0 spiro atoms. The van der Waals surface area contributed by atoms with Crippen LogP contribution in [-0.4, -0.2) is 105 Å². The van der Waals surface area contributed by atoms with Crippen LogP contribution < -0.4 is 0 Å². The van der Waals surface area contributed by atoms with Gasteiger partial charge in [0, 0.05) is 70.6 Å². The second-order valence-corrected chi connectivity index (χ2v) is 42.3. The van der Waals surface area contributed by atoms with E-state index in [0.29, 0.717) is 5.92 Å². The van der Waals surface area contributed by atoms with Gasteiger partial charge >= 0.3 is 0 Å². The lowest BCUT2D eigenvalue weighted by molar-refractivity contribution is 0.468. The number of aromatic nitrogens is 21. The molecule has 7 heterocycles. The predicted molar refractivity (Wildman–Crippen MR) is 526 cm³/mol. The van der Waals surface area contributed by atoms with Crippen LogP contribution in [-0.2, 0) is 90.8 Å². The Morgan fingerprint density at radius 2 is 0.419 bits per heavy atom. The van der Waals surface area contributed by atoms with Crippen LogP contribution in [0.15, 0.2) is 43.4 Å². The molecule has 7 aromatic heterocycles. The van der Waals surface area contributed by atoms with Crippen molar-refractivity contribution >= 4 is 0 Å². The van der Waals surface area contributed by atoms with Crippen molar-refractivity contribution in [3.8, 4) is 0 Å². The molecule has 0 aliphatic heterocycles. The van der Waals surface area contributed by atoms with Gasteiger partial charge in [0.2, 0.25) is 0 Å². The van der Waals surface area contributed by atoms with Crippen molar-refractivity contribution in [2.24, 2.45) is 82.9 Å². The lowest BCUT2D eigenvalue weighted by atomic mass is 10.0. The number of hydrogen-bond acceptors (Lipinski definition) is 14. The summed E-state index contributed by atoms with van der Waals surface area (Å²) in [4.78, 5) is 0. The van der Waals surface area contributed by atoms with Crippen LogP contribution in [0.2, 0.25) is 0 Å². The van der Waals surface area contributed by atoms with E-state index < -0.39 is 0 Å². The van der Waals surface area contributed by atoms with E-state index in [4.69, 9.17) is 0 Å². The predicted octanol–water partition coefficient (Wildman–Crippen LogP) is 27.8. The van der Waals surface area contributed by atoms with Crippen molar-refractivity contribution in [3.63, 3.8) is 0 Å². The van der Waals surface area contributed by atoms with Crippen LogP contribution in [0.25, 0.3) is 0 Å². The summed E-state index contributed by atoms with van der Waals surface area (Å²) in [5.41, 5.74) is 8.52. The SMILES string of the molecule is CC(C)CCCCCc1cnnn1CCCC(C)C.CC(C)CCCCc1cn(CC(C)C)nn1.CC(C)CCCCc1cn(CCC(C)C)nn1.CC(C)CCCCc1cnnn1CCCCC(C)C.CC(C)CCCCc1cnnn1CCCCC(C)C.CC(C)CCCCn1cc(CCC(C)C)nn1.CC(C)CCCc1cn(CCCC(C)C)nn1. The maximum absolute atomic E-state index is 4.22. The van der Waals surface area contributed by atoms with Crippen molar-refractivity contribution in [1.82, 2.24) is 105 Å². The van der Waals surface area contributed by atoms with E-state index in [2.05, 4.69) is 305 Å². The number of rotatable bonds is 61. The second kappa shape index (κ2) is 73.8. The van der Waals surface area contributed by atoms with E-state index in [-0.39, 0.29) is 0 Å². The summed E-state index contributed by atoms with van der Waals surface area (Å²) in [7, 11) is 0. The van der Waals surface area contributed by atoms with Crippen molar-refractivity contribution in [2.45, 2.75) is 497 Å². The Kier molecular flexibility index (Phi) is 69.1. The molecule has 0 atom stereocenters. The minimum absolute atomic E-state index is 0.635. The molecule has 0 saturated carbocycles. The number of hydrogen-bond donors (Lipinski definition) is 0. The molecule has 0 saturated heterocycles. The normalized spacial score (nSPS) is 11.7. The summed E-state index contributed by atoms with van der Waals surface area (Å²) < 4.78 is 14.2. The first kappa shape index (κ1) is 116. The zero-order valence-corrected chi connectivity index (χ0v) is 86.2. The Bertz CT molecular complexity index is 3210. The van der Waals surface area contributed by atoms with Gasteiger partial charge in [0.1, 0.15) is 0 Å². The molecule has 7 aromatic rings. The fraction of sp³-hybridized carbons (Fsp3) is 0.864. The lowest BCUT2D eigenvalue weighted by Gasteiger charge is -2.08. The molecule has 0 radical (unpaired) electrons. The van der Waals surface area contributed by atoms with E-state index in [0.717, 1.165) is 190 Å². The van der Waals surface area contributed by atoms with Gasteiger partial charge in [0.05, 0.1) is 58.4 Å². The topological polar surface area (TPSA) is 215 Å². The van der Waals surface area contributed by atoms with Gasteiger partial charge in [-0.1, -0.05) is 346 Å². The minimum atomic E-state index is 0.635. The molecule has 0 unspecified atom stereocenters. The van der Waals surface area contributed by atoms with Gasteiger partial charge in [-0.3, -0.25) is 18.7 Å². The summed E-state index contributed by atoms with van der Waals surface area (Å²) in [6.07, 6.45) is 64.1. The van der Waals surface area contributed by atoms with Crippen LogP contribution >= 0.6 is 0 Å². The monoisotopic (exact) mass is 1730 g/mol. The maximum atomic E-state index is 4.22. The van der Waals surface area contributed by atoms with Crippen molar-refractivity contribution in [1.29, 1.82) is 0 Å². The van der Waals surface area contributed by atoms with Crippen LogP contribution in [0.3, 0.4) is 0 Å². The fourth-order valence-electron chi connectivity index (χ4n) is 14.3. The van der Waals surface area contributed by atoms with Crippen molar-refractivity contribution in [2.75, 3.05) is 0 Å². The molecular weight excluding hydrogens is 1530 g/mol. The van der Waals surface area contributed by atoms with Gasteiger partial charge < -0.3 is 0 Å². The molecule has 716 valence electrons. The Morgan fingerprint density at radius 3 is 0.758 bits per heavy atom. The largest absolute Gasteiger partial charge is 0.252 e. The Labute approximate surface area is 763 Å². The summed E-state index contributed by atoms with van der Waals surface area (Å²) in [6.45, 7) is 70.6. The molecule has 0 N–H and O–H groups in total. The number of unbranched alkanes of at least 4 members (excludes halogenated alkanes) is 9. The highest BCUT2D eigenvalue weighted by Crippen LogP contribution is 2.20. The molecule has 7 rings (SSSR count). The summed E-state index contributed by atoms with van der Waals surface area (Å²) in [5.74, 6) is 11.0. The highest BCUT2D eigenvalue weighted by atomic mass is 15.5. The van der Waals surface area contributed by atoms with E-state index in [9.17, 15) is 0 Å². The van der Waals surface area contributed by atoms with Gasteiger partial charge in [-0.05, 0) is 224 Å². The average molecular weight is 1730 g/mol. The summed E-state index contributed by atoms with van der Waals surface area (Å²) in [6, 6.07) is 0.